The predicted molar refractivity (Wildman–Crippen MR) is 74.0 cm³/mol. The summed E-state index contributed by atoms with van der Waals surface area (Å²) in [7, 11) is 0. The first-order valence-electron chi connectivity index (χ1n) is 6.24. The largest absolute Gasteiger partial charge is 0.381 e. The molecule has 0 saturated heterocycles. The topological polar surface area (TPSA) is 17.0 Å². The molecule has 0 spiro atoms. The molecule has 3 rings (SSSR count). The molecule has 1 N–H and O–H groups in total. The number of benzene rings is 1. The Morgan fingerprint density at radius 2 is 2.18 bits per heavy atom. The fraction of sp³-hybridized carbons (Fsp3) is 0.429. The minimum Gasteiger partial charge on any atom is -0.381 e. The summed E-state index contributed by atoms with van der Waals surface area (Å²) in [5.41, 5.74) is 4.04. The minimum absolute atomic E-state index is 0.449. The van der Waals surface area contributed by atoms with Gasteiger partial charge in [0.15, 0.2) is 0 Å². The van der Waals surface area contributed by atoms with Crippen LogP contribution in [0.3, 0.4) is 0 Å². The van der Waals surface area contributed by atoms with Crippen molar-refractivity contribution in [2.24, 2.45) is 0 Å². The number of nitrogens with one attached hydrogen (secondary N) is 1. The Bertz CT molecular complexity index is 569. The molecule has 0 bridgehead atoms. The lowest BCUT2D eigenvalue weighted by atomic mass is 10.1. The maximum atomic E-state index is 6.11. The van der Waals surface area contributed by atoms with Gasteiger partial charge in [0.05, 0.1) is 11.2 Å². The standard InChI is InChI=1S/C14H17ClN2/c1-9(2)16-14-11-8-10(15)5-6-12(11)17-7-3-4-13(14)17/h5-6,8-9,16H,3-4,7H2,1-2H3. The lowest BCUT2D eigenvalue weighted by Crippen LogP contribution is -2.10. The Kier molecular flexibility index (Phi) is 2.55. The van der Waals surface area contributed by atoms with E-state index in [0.717, 1.165) is 11.6 Å². The van der Waals surface area contributed by atoms with E-state index in [4.69, 9.17) is 11.6 Å². The number of aryl methyl sites for hydroxylation is 1. The maximum Gasteiger partial charge on any atom is 0.0635 e. The van der Waals surface area contributed by atoms with Crippen molar-refractivity contribution in [2.45, 2.75) is 39.3 Å². The van der Waals surface area contributed by atoms with Crippen molar-refractivity contribution < 1.29 is 0 Å². The first-order valence-corrected chi connectivity index (χ1v) is 6.62. The Morgan fingerprint density at radius 3 is 2.94 bits per heavy atom. The van der Waals surface area contributed by atoms with E-state index in [1.165, 1.54) is 35.1 Å². The molecular weight excluding hydrogens is 232 g/mol. The summed E-state index contributed by atoms with van der Waals surface area (Å²) in [5.74, 6) is 0. The molecule has 0 fully saturated rings. The number of hydrogen-bond donors (Lipinski definition) is 1. The monoisotopic (exact) mass is 248 g/mol. The lowest BCUT2D eigenvalue weighted by Gasteiger charge is -2.10. The van der Waals surface area contributed by atoms with Crippen LogP contribution in [0.2, 0.25) is 5.02 Å². The van der Waals surface area contributed by atoms with E-state index in [-0.39, 0.29) is 0 Å². The van der Waals surface area contributed by atoms with E-state index in [0.29, 0.717) is 6.04 Å². The second-order valence-corrected chi connectivity index (χ2v) is 5.47. The molecule has 1 aromatic heterocycles. The predicted octanol–water partition coefficient (Wildman–Crippen LogP) is 4.06. The zero-order valence-corrected chi connectivity index (χ0v) is 11.0. The first kappa shape index (κ1) is 11.0. The minimum atomic E-state index is 0.449. The number of fused-ring (bicyclic) bond motifs is 3. The molecule has 2 aromatic rings. The SMILES string of the molecule is CC(C)Nc1c2n(c3ccc(Cl)cc13)CCC2. The van der Waals surface area contributed by atoms with Crippen LogP contribution in [-0.2, 0) is 13.0 Å². The van der Waals surface area contributed by atoms with Crippen LogP contribution in [0.5, 0.6) is 0 Å². The van der Waals surface area contributed by atoms with Gasteiger partial charge < -0.3 is 9.88 Å². The highest BCUT2D eigenvalue weighted by molar-refractivity contribution is 6.31. The number of rotatable bonds is 2. The van der Waals surface area contributed by atoms with Crippen LogP contribution in [-0.4, -0.2) is 10.6 Å². The van der Waals surface area contributed by atoms with Crippen LogP contribution in [0.15, 0.2) is 18.2 Å². The summed E-state index contributed by atoms with van der Waals surface area (Å²) in [5, 5.41) is 5.65. The van der Waals surface area contributed by atoms with Crippen molar-refractivity contribution in [3.63, 3.8) is 0 Å². The molecule has 0 saturated carbocycles. The molecule has 2 nitrogen and oxygen atoms in total. The fourth-order valence-electron chi connectivity index (χ4n) is 2.75. The number of anilines is 1. The molecule has 90 valence electrons. The van der Waals surface area contributed by atoms with Gasteiger partial charge in [-0.05, 0) is 44.9 Å². The van der Waals surface area contributed by atoms with Crippen LogP contribution in [0.25, 0.3) is 10.9 Å². The molecule has 0 unspecified atom stereocenters. The molecule has 0 aliphatic carbocycles. The van der Waals surface area contributed by atoms with Crippen molar-refractivity contribution in [1.29, 1.82) is 0 Å². The third kappa shape index (κ3) is 1.71. The highest BCUT2D eigenvalue weighted by atomic mass is 35.5. The number of halogens is 1. The van der Waals surface area contributed by atoms with Gasteiger partial charge in [-0.3, -0.25) is 0 Å². The molecule has 0 atom stereocenters. The molecule has 0 radical (unpaired) electrons. The van der Waals surface area contributed by atoms with E-state index >= 15 is 0 Å². The van der Waals surface area contributed by atoms with E-state index in [1.807, 2.05) is 6.07 Å². The lowest BCUT2D eigenvalue weighted by molar-refractivity contribution is 0.772. The zero-order chi connectivity index (χ0) is 12.0. The van der Waals surface area contributed by atoms with Gasteiger partial charge in [-0.15, -0.1) is 0 Å². The molecule has 0 amide bonds. The normalized spacial score (nSPS) is 14.6. The van der Waals surface area contributed by atoms with Crippen molar-refractivity contribution in [3.05, 3.63) is 28.9 Å². The first-order chi connectivity index (χ1) is 8.16. The number of hydrogen-bond acceptors (Lipinski definition) is 1. The fourth-order valence-corrected chi connectivity index (χ4v) is 2.92. The Morgan fingerprint density at radius 1 is 1.35 bits per heavy atom. The highest BCUT2D eigenvalue weighted by Crippen LogP contribution is 2.37. The van der Waals surface area contributed by atoms with E-state index in [2.05, 4.69) is 35.9 Å². The van der Waals surface area contributed by atoms with Crippen molar-refractivity contribution in [1.82, 2.24) is 4.57 Å². The second kappa shape index (κ2) is 3.95. The van der Waals surface area contributed by atoms with Gasteiger partial charge in [-0.2, -0.15) is 0 Å². The van der Waals surface area contributed by atoms with Gasteiger partial charge in [0.1, 0.15) is 0 Å². The third-order valence-corrected chi connectivity index (χ3v) is 3.60. The van der Waals surface area contributed by atoms with Crippen LogP contribution in [0.1, 0.15) is 26.0 Å². The van der Waals surface area contributed by atoms with Gasteiger partial charge in [0, 0.05) is 28.7 Å². The van der Waals surface area contributed by atoms with E-state index < -0.39 is 0 Å². The molecule has 17 heavy (non-hydrogen) atoms. The summed E-state index contributed by atoms with van der Waals surface area (Å²) < 4.78 is 2.43. The Labute approximate surface area is 107 Å². The van der Waals surface area contributed by atoms with Crippen molar-refractivity contribution in [3.8, 4) is 0 Å². The summed E-state index contributed by atoms with van der Waals surface area (Å²) in [6.45, 7) is 5.48. The molecule has 3 heteroatoms. The second-order valence-electron chi connectivity index (χ2n) is 5.04. The summed E-state index contributed by atoms with van der Waals surface area (Å²) in [4.78, 5) is 0. The van der Waals surface area contributed by atoms with Gasteiger partial charge >= 0.3 is 0 Å². The highest BCUT2D eigenvalue weighted by Gasteiger charge is 2.21. The van der Waals surface area contributed by atoms with Gasteiger partial charge in [-0.25, -0.2) is 0 Å². The number of aromatic nitrogens is 1. The summed E-state index contributed by atoms with van der Waals surface area (Å²) in [6.07, 6.45) is 2.42. The number of nitrogens with zero attached hydrogens (tertiary/aromatic N) is 1. The third-order valence-electron chi connectivity index (χ3n) is 3.36. The van der Waals surface area contributed by atoms with E-state index in [9.17, 15) is 0 Å². The van der Waals surface area contributed by atoms with Crippen LogP contribution >= 0.6 is 11.6 Å². The van der Waals surface area contributed by atoms with Crippen molar-refractivity contribution >= 4 is 28.2 Å². The van der Waals surface area contributed by atoms with Gasteiger partial charge in [0.2, 0.25) is 0 Å². The average Bonchev–Trinajstić information content (AvgIpc) is 2.82. The zero-order valence-electron chi connectivity index (χ0n) is 10.3. The Balaban J connectivity index is 2.26. The molecule has 2 heterocycles. The summed E-state index contributed by atoms with van der Waals surface area (Å²) >= 11 is 6.11. The van der Waals surface area contributed by atoms with Crippen LogP contribution < -0.4 is 5.32 Å². The maximum absolute atomic E-state index is 6.11. The smallest absolute Gasteiger partial charge is 0.0635 e. The molecule has 1 aliphatic rings. The average molecular weight is 249 g/mol. The summed E-state index contributed by atoms with van der Waals surface area (Å²) in [6, 6.07) is 6.64. The van der Waals surface area contributed by atoms with Gasteiger partial charge in [-0.1, -0.05) is 11.6 Å². The quantitative estimate of drug-likeness (QED) is 0.848. The molecule has 1 aromatic carbocycles. The molecular formula is C14H17ClN2. The van der Waals surface area contributed by atoms with Crippen molar-refractivity contribution in [2.75, 3.05) is 5.32 Å². The Hall–Kier alpha value is -1.15. The van der Waals surface area contributed by atoms with E-state index in [1.54, 1.807) is 0 Å². The molecule has 1 aliphatic heterocycles. The van der Waals surface area contributed by atoms with Crippen LogP contribution in [0, 0.1) is 0 Å². The van der Waals surface area contributed by atoms with Crippen LogP contribution in [0.4, 0.5) is 5.69 Å². The van der Waals surface area contributed by atoms with Gasteiger partial charge in [0.25, 0.3) is 0 Å².